The van der Waals surface area contributed by atoms with E-state index in [0.29, 0.717) is 28.1 Å². The zero-order chi connectivity index (χ0) is 19.1. The van der Waals surface area contributed by atoms with Crippen molar-refractivity contribution < 1.29 is 9.53 Å². The van der Waals surface area contributed by atoms with Crippen molar-refractivity contribution >= 4 is 59.8 Å². The fraction of sp³-hybridized carbons (Fsp3) is 0.211. The number of rotatable bonds is 4. The van der Waals surface area contributed by atoms with Crippen LogP contribution in [0.4, 0.5) is 10.8 Å². The number of nitrogens with zero attached hydrogens (tertiary/aromatic N) is 2. The Morgan fingerprint density at radius 1 is 1.26 bits per heavy atom. The van der Waals surface area contributed by atoms with Gasteiger partial charge < -0.3 is 10.5 Å². The molecule has 0 unspecified atom stereocenters. The number of thiophene rings is 1. The van der Waals surface area contributed by atoms with Crippen molar-refractivity contribution in [3.8, 4) is 5.75 Å². The third-order valence-electron chi connectivity index (χ3n) is 4.13. The third kappa shape index (κ3) is 3.11. The summed E-state index contributed by atoms with van der Waals surface area (Å²) in [5.74, 6) is 0.438. The molecule has 0 spiro atoms. The van der Waals surface area contributed by atoms with Gasteiger partial charge in [-0.3, -0.25) is 10.1 Å². The number of aromatic nitrogens is 2. The molecule has 0 radical (unpaired) electrons. The SMILES string of the molecule is CCOc1cccc2sc(NC(=O)c3sc4nc(C)cc(C)c4c3N)nc12. The zero-order valence-electron chi connectivity index (χ0n) is 15.1. The molecule has 4 aromatic rings. The Hall–Kier alpha value is -2.71. The van der Waals surface area contributed by atoms with Gasteiger partial charge in [0.15, 0.2) is 5.13 Å². The first-order chi connectivity index (χ1) is 13.0. The van der Waals surface area contributed by atoms with Crippen molar-refractivity contribution in [1.82, 2.24) is 9.97 Å². The van der Waals surface area contributed by atoms with Crippen LogP contribution in [0.25, 0.3) is 20.4 Å². The molecule has 27 heavy (non-hydrogen) atoms. The monoisotopic (exact) mass is 398 g/mol. The maximum absolute atomic E-state index is 12.8. The fourth-order valence-electron chi connectivity index (χ4n) is 3.04. The highest BCUT2D eigenvalue weighted by Gasteiger charge is 2.20. The maximum Gasteiger partial charge on any atom is 0.269 e. The largest absolute Gasteiger partial charge is 0.492 e. The van der Waals surface area contributed by atoms with Crippen molar-refractivity contribution in [2.24, 2.45) is 0 Å². The van der Waals surface area contributed by atoms with Gasteiger partial charge in [0.25, 0.3) is 5.91 Å². The number of amides is 1. The smallest absolute Gasteiger partial charge is 0.269 e. The Morgan fingerprint density at radius 2 is 2.07 bits per heavy atom. The number of nitrogen functional groups attached to an aromatic ring is 1. The van der Waals surface area contributed by atoms with Crippen molar-refractivity contribution in [2.75, 3.05) is 17.7 Å². The van der Waals surface area contributed by atoms with E-state index in [9.17, 15) is 4.79 Å². The molecule has 6 nitrogen and oxygen atoms in total. The van der Waals surface area contributed by atoms with E-state index in [-0.39, 0.29) is 5.91 Å². The van der Waals surface area contributed by atoms with Crippen LogP contribution >= 0.6 is 22.7 Å². The summed E-state index contributed by atoms with van der Waals surface area (Å²) >= 11 is 2.71. The van der Waals surface area contributed by atoms with E-state index in [2.05, 4.69) is 15.3 Å². The number of anilines is 2. The van der Waals surface area contributed by atoms with Gasteiger partial charge in [0.05, 0.1) is 17.0 Å². The molecule has 3 aromatic heterocycles. The molecule has 3 heterocycles. The molecule has 138 valence electrons. The van der Waals surface area contributed by atoms with E-state index in [0.717, 1.165) is 31.7 Å². The van der Waals surface area contributed by atoms with Crippen molar-refractivity contribution in [3.05, 3.63) is 40.4 Å². The molecule has 0 aliphatic rings. The number of nitrogens with one attached hydrogen (secondary N) is 1. The lowest BCUT2D eigenvalue weighted by molar-refractivity contribution is 0.103. The average molecular weight is 399 g/mol. The molecule has 8 heteroatoms. The highest BCUT2D eigenvalue weighted by molar-refractivity contribution is 7.23. The fourth-order valence-corrected chi connectivity index (χ4v) is 5.03. The van der Waals surface area contributed by atoms with E-state index in [1.54, 1.807) is 0 Å². The summed E-state index contributed by atoms with van der Waals surface area (Å²) in [6.45, 7) is 6.39. The molecular weight excluding hydrogens is 380 g/mol. The molecule has 0 saturated carbocycles. The van der Waals surface area contributed by atoms with Gasteiger partial charge in [-0.05, 0) is 44.5 Å². The summed E-state index contributed by atoms with van der Waals surface area (Å²) in [4.78, 5) is 23.1. The van der Waals surface area contributed by atoms with E-state index >= 15 is 0 Å². The molecule has 0 bridgehead atoms. The van der Waals surface area contributed by atoms with Crippen LogP contribution in [0.5, 0.6) is 5.75 Å². The molecule has 0 fully saturated rings. The molecule has 0 saturated heterocycles. The second-order valence-electron chi connectivity index (χ2n) is 6.11. The number of hydrogen-bond donors (Lipinski definition) is 2. The Bertz CT molecular complexity index is 1180. The highest BCUT2D eigenvalue weighted by Crippen LogP contribution is 2.37. The van der Waals surface area contributed by atoms with E-state index in [1.165, 1.54) is 22.7 Å². The van der Waals surface area contributed by atoms with E-state index in [4.69, 9.17) is 10.5 Å². The molecule has 4 rings (SSSR count). The van der Waals surface area contributed by atoms with Gasteiger partial charge in [0, 0.05) is 11.1 Å². The van der Waals surface area contributed by atoms with Crippen molar-refractivity contribution in [1.29, 1.82) is 0 Å². The molecule has 0 aliphatic heterocycles. The number of nitrogens with two attached hydrogens (primary N) is 1. The van der Waals surface area contributed by atoms with Gasteiger partial charge in [0.1, 0.15) is 21.0 Å². The van der Waals surface area contributed by atoms with Gasteiger partial charge in [-0.25, -0.2) is 9.97 Å². The summed E-state index contributed by atoms with van der Waals surface area (Å²) in [5, 5.41) is 4.23. The van der Waals surface area contributed by atoms with Crippen molar-refractivity contribution in [3.63, 3.8) is 0 Å². The number of benzene rings is 1. The number of para-hydroxylation sites is 1. The third-order valence-corrected chi connectivity index (χ3v) is 6.17. The second-order valence-corrected chi connectivity index (χ2v) is 8.14. The average Bonchev–Trinajstić information content (AvgIpc) is 3.16. The quantitative estimate of drug-likeness (QED) is 0.517. The molecule has 1 amide bonds. The maximum atomic E-state index is 12.8. The summed E-state index contributed by atoms with van der Waals surface area (Å²) in [6, 6.07) is 7.71. The van der Waals surface area contributed by atoms with E-state index in [1.807, 2.05) is 45.0 Å². The lowest BCUT2D eigenvalue weighted by Crippen LogP contribution is -2.11. The summed E-state index contributed by atoms with van der Waals surface area (Å²) in [5.41, 5.74) is 9.39. The number of carbonyl (C=O) groups is 1. The summed E-state index contributed by atoms with van der Waals surface area (Å²) < 4.78 is 6.56. The lowest BCUT2D eigenvalue weighted by Gasteiger charge is -2.02. The molecule has 3 N–H and O–H groups in total. The second kappa shape index (κ2) is 6.79. The molecular formula is C19H18N4O2S2. The number of aryl methyl sites for hydroxylation is 2. The number of carbonyl (C=O) groups excluding carboxylic acids is 1. The van der Waals surface area contributed by atoms with Gasteiger partial charge in [-0.1, -0.05) is 17.4 Å². The topological polar surface area (TPSA) is 90.1 Å². The number of pyridine rings is 1. The number of fused-ring (bicyclic) bond motifs is 2. The molecule has 1 aromatic carbocycles. The predicted molar refractivity (Wildman–Crippen MR) is 112 cm³/mol. The predicted octanol–water partition coefficient (Wildman–Crippen LogP) is 4.76. The first-order valence-electron chi connectivity index (χ1n) is 8.47. The van der Waals surface area contributed by atoms with E-state index < -0.39 is 0 Å². The first kappa shape index (κ1) is 17.7. The van der Waals surface area contributed by atoms with Crippen LogP contribution in [0.3, 0.4) is 0 Å². The van der Waals surface area contributed by atoms with Crippen LogP contribution in [0, 0.1) is 13.8 Å². The van der Waals surface area contributed by atoms with Crippen LogP contribution < -0.4 is 15.8 Å². The van der Waals surface area contributed by atoms with Gasteiger partial charge in [-0.15, -0.1) is 11.3 Å². The Morgan fingerprint density at radius 3 is 2.85 bits per heavy atom. The standard InChI is InChI=1S/C19H18N4O2S2/c1-4-25-11-6-5-7-12-15(11)22-19(26-12)23-17(24)16-14(20)13-9(2)8-10(3)21-18(13)27-16/h5-8H,4,20H2,1-3H3,(H,22,23,24). The minimum Gasteiger partial charge on any atom is -0.492 e. The number of hydrogen-bond acceptors (Lipinski definition) is 7. The zero-order valence-corrected chi connectivity index (χ0v) is 16.8. The van der Waals surface area contributed by atoms with Crippen LogP contribution in [0.2, 0.25) is 0 Å². The molecule has 0 atom stereocenters. The highest BCUT2D eigenvalue weighted by atomic mass is 32.1. The Kier molecular flexibility index (Phi) is 4.45. The Balaban J connectivity index is 1.69. The normalized spacial score (nSPS) is 11.2. The van der Waals surface area contributed by atoms with Crippen LogP contribution in [0.1, 0.15) is 27.9 Å². The minimum atomic E-state index is -0.274. The summed E-state index contributed by atoms with van der Waals surface area (Å²) in [7, 11) is 0. The molecule has 0 aliphatic carbocycles. The number of thiazole rings is 1. The van der Waals surface area contributed by atoms with Crippen molar-refractivity contribution in [2.45, 2.75) is 20.8 Å². The van der Waals surface area contributed by atoms with Gasteiger partial charge in [0.2, 0.25) is 0 Å². The lowest BCUT2D eigenvalue weighted by atomic mass is 10.1. The Labute approximate surface area is 164 Å². The minimum absolute atomic E-state index is 0.274. The van der Waals surface area contributed by atoms with Gasteiger partial charge >= 0.3 is 0 Å². The number of ether oxygens (including phenoxy) is 1. The van der Waals surface area contributed by atoms with Crippen LogP contribution in [-0.2, 0) is 0 Å². The van der Waals surface area contributed by atoms with Gasteiger partial charge in [-0.2, -0.15) is 0 Å². The first-order valence-corrected chi connectivity index (χ1v) is 10.1. The van der Waals surface area contributed by atoms with Crippen LogP contribution in [0.15, 0.2) is 24.3 Å². The van der Waals surface area contributed by atoms with Crippen LogP contribution in [-0.4, -0.2) is 22.5 Å². The summed E-state index contributed by atoms with van der Waals surface area (Å²) in [6.07, 6.45) is 0.